The van der Waals surface area contributed by atoms with Crippen LogP contribution in [0.4, 0.5) is 0 Å². The van der Waals surface area contributed by atoms with Gasteiger partial charge in [0.05, 0.1) is 0 Å². The molecule has 0 radical (unpaired) electrons. The number of sulfonamides is 1. The number of nitrogens with zero attached hydrogens (tertiary/aromatic N) is 1. The van der Waals surface area contributed by atoms with E-state index in [1.54, 1.807) is 13.0 Å². The molecule has 1 aromatic heterocycles. The summed E-state index contributed by atoms with van der Waals surface area (Å²) in [6.07, 6.45) is 0. The number of hydrogen-bond donors (Lipinski definition) is 2. The van der Waals surface area contributed by atoms with Crippen LogP contribution in [0.25, 0.3) is 0 Å². The van der Waals surface area contributed by atoms with Gasteiger partial charge in [0, 0.05) is 25.2 Å². The highest BCUT2D eigenvalue weighted by molar-refractivity contribution is 7.88. The van der Waals surface area contributed by atoms with Gasteiger partial charge >= 0.3 is 0 Å². The summed E-state index contributed by atoms with van der Waals surface area (Å²) >= 11 is 0. The third-order valence-corrected chi connectivity index (χ3v) is 3.51. The predicted octanol–water partition coefficient (Wildman–Crippen LogP) is -0.626. The van der Waals surface area contributed by atoms with E-state index in [1.165, 1.54) is 0 Å². The van der Waals surface area contributed by atoms with Crippen LogP contribution < -0.4 is 10.0 Å². The third kappa shape index (κ3) is 2.77. The third-order valence-electron chi connectivity index (χ3n) is 2.14. The second kappa shape index (κ2) is 3.92. The Morgan fingerprint density at radius 3 is 2.87 bits per heavy atom. The summed E-state index contributed by atoms with van der Waals surface area (Å²) in [5.41, 5.74) is 0.437. The maximum Gasteiger partial charge on any atom is 0.217 e. The second-order valence-corrected chi connectivity index (χ2v) is 5.41. The van der Waals surface area contributed by atoms with E-state index < -0.39 is 10.0 Å². The van der Waals surface area contributed by atoms with Crippen molar-refractivity contribution in [1.29, 1.82) is 0 Å². The van der Waals surface area contributed by atoms with Crippen molar-refractivity contribution in [3.63, 3.8) is 0 Å². The Morgan fingerprint density at radius 1 is 1.67 bits per heavy atom. The predicted molar refractivity (Wildman–Crippen MR) is 53.7 cm³/mol. The van der Waals surface area contributed by atoms with Gasteiger partial charge in [0.1, 0.15) is 17.2 Å². The largest absolute Gasteiger partial charge is 0.361 e. The first-order valence-corrected chi connectivity index (χ1v) is 6.33. The summed E-state index contributed by atoms with van der Waals surface area (Å²) in [6.45, 7) is 3.11. The monoisotopic (exact) mass is 231 g/mol. The van der Waals surface area contributed by atoms with Crippen molar-refractivity contribution >= 4 is 10.0 Å². The molecule has 0 unspecified atom stereocenters. The zero-order chi connectivity index (χ0) is 10.9. The number of nitrogens with one attached hydrogen (secondary N) is 2. The molecule has 0 spiro atoms. The fourth-order valence-corrected chi connectivity index (χ4v) is 2.63. The standard InChI is InChI=1S/C8H13N3O3S/c1-6-2-7(10-14-6)5-15(12,13)11-8-3-9-4-8/h2,8-9,11H,3-5H2,1H3. The van der Waals surface area contributed by atoms with Gasteiger partial charge in [-0.25, -0.2) is 13.1 Å². The van der Waals surface area contributed by atoms with E-state index in [0.717, 1.165) is 0 Å². The smallest absolute Gasteiger partial charge is 0.217 e. The summed E-state index contributed by atoms with van der Waals surface area (Å²) in [5.74, 6) is 0.492. The maximum absolute atomic E-state index is 11.6. The zero-order valence-electron chi connectivity index (χ0n) is 8.36. The van der Waals surface area contributed by atoms with Crippen molar-refractivity contribution in [2.45, 2.75) is 18.7 Å². The Kier molecular flexibility index (Phi) is 2.76. The van der Waals surface area contributed by atoms with Crippen LogP contribution in [0.1, 0.15) is 11.5 Å². The van der Waals surface area contributed by atoms with E-state index in [1.807, 2.05) is 0 Å². The van der Waals surface area contributed by atoms with Crippen LogP contribution in [0.2, 0.25) is 0 Å². The highest BCUT2D eigenvalue weighted by Gasteiger charge is 2.23. The Morgan fingerprint density at radius 2 is 2.40 bits per heavy atom. The molecule has 6 nitrogen and oxygen atoms in total. The number of aromatic nitrogens is 1. The molecule has 0 saturated carbocycles. The van der Waals surface area contributed by atoms with Crippen molar-refractivity contribution in [1.82, 2.24) is 15.2 Å². The van der Waals surface area contributed by atoms with Gasteiger partial charge in [0.2, 0.25) is 10.0 Å². The number of hydrogen-bond acceptors (Lipinski definition) is 5. The molecular formula is C8H13N3O3S. The second-order valence-electron chi connectivity index (χ2n) is 3.66. The van der Waals surface area contributed by atoms with Crippen LogP contribution >= 0.6 is 0 Å². The minimum atomic E-state index is -3.29. The molecule has 1 aromatic rings. The molecule has 1 aliphatic rings. The number of rotatable bonds is 4. The van der Waals surface area contributed by atoms with Crippen molar-refractivity contribution < 1.29 is 12.9 Å². The molecule has 1 saturated heterocycles. The lowest BCUT2D eigenvalue weighted by Crippen LogP contribution is -2.56. The van der Waals surface area contributed by atoms with Crippen LogP contribution in [-0.2, 0) is 15.8 Å². The average molecular weight is 231 g/mol. The maximum atomic E-state index is 11.6. The van der Waals surface area contributed by atoms with Crippen molar-refractivity contribution in [3.8, 4) is 0 Å². The van der Waals surface area contributed by atoms with Crippen molar-refractivity contribution in [2.24, 2.45) is 0 Å². The van der Waals surface area contributed by atoms with Crippen LogP contribution in [0.5, 0.6) is 0 Å². The summed E-state index contributed by atoms with van der Waals surface area (Å²) in [6, 6.07) is 1.64. The van der Waals surface area contributed by atoms with Crippen LogP contribution in [0, 0.1) is 6.92 Å². The molecule has 7 heteroatoms. The molecule has 0 aromatic carbocycles. The zero-order valence-corrected chi connectivity index (χ0v) is 9.17. The van der Waals surface area contributed by atoms with Crippen molar-refractivity contribution in [3.05, 3.63) is 17.5 Å². The Hall–Kier alpha value is -0.920. The van der Waals surface area contributed by atoms with Gasteiger partial charge in [-0.05, 0) is 6.92 Å². The molecule has 0 amide bonds. The lowest BCUT2D eigenvalue weighted by atomic mass is 10.2. The lowest BCUT2D eigenvalue weighted by Gasteiger charge is -2.27. The molecule has 1 aliphatic heterocycles. The summed E-state index contributed by atoms with van der Waals surface area (Å²) in [4.78, 5) is 0. The van der Waals surface area contributed by atoms with Gasteiger partial charge in [0.15, 0.2) is 0 Å². The molecule has 0 aliphatic carbocycles. The molecule has 84 valence electrons. The van der Waals surface area contributed by atoms with E-state index in [2.05, 4.69) is 15.2 Å². The van der Waals surface area contributed by atoms with Gasteiger partial charge in [-0.15, -0.1) is 0 Å². The summed E-state index contributed by atoms with van der Waals surface area (Å²) < 4.78 is 30.6. The fraction of sp³-hybridized carbons (Fsp3) is 0.625. The van der Waals surface area contributed by atoms with Gasteiger partial charge in [-0.2, -0.15) is 0 Å². The van der Waals surface area contributed by atoms with Crippen LogP contribution in [0.3, 0.4) is 0 Å². The molecule has 2 N–H and O–H groups in total. The average Bonchev–Trinajstić information content (AvgIpc) is 2.43. The van der Waals surface area contributed by atoms with Crippen LogP contribution in [0.15, 0.2) is 10.6 Å². The normalized spacial score (nSPS) is 17.7. The first-order valence-electron chi connectivity index (χ1n) is 4.68. The number of aryl methyl sites for hydroxylation is 1. The lowest BCUT2D eigenvalue weighted by molar-refractivity contribution is 0.391. The minimum absolute atomic E-state index is 0.0167. The molecule has 0 atom stereocenters. The van der Waals surface area contributed by atoms with E-state index >= 15 is 0 Å². The highest BCUT2D eigenvalue weighted by atomic mass is 32.2. The fourth-order valence-electron chi connectivity index (χ4n) is 1.35. The summed E-state index contributed by atoms with van der Waals surface area (Å²) in [7, 11) is -3.29. The minimum Gasteiger partial charge on any atom is -0.361 e. The Bertz CT molecular complexity index is 436. The molecule has 0 bridgehead atoms. The van der Waals surface area contributed by atoms with E-state index in [-0.39, 0.29) is 11.8 Å². The van der Waals surface area contributed by atoms with Crippen LogP contribution in [-0.4, -0.2) is 32.7 Å². The highest BCUT2D eigenvalue weighted by Crippen LogP contribution is 2.06. The molecular weight excluding hydrogens is 218 g/mol. The molecule has 2 heterocycles. The van der Waals surface area contributed by atoms with Gasteiger partial charge in [0.25, 0.3) is 0 Å². The molecule has 2 rings (SSSR count). The van der Waals surface area contributed by atoms with E-state index in [0.29, 0.717) is 24.5 Å². The first kappa shape index (κ1) is 10.6. The van der Waals surface area contributed by atoms with Crippen molar-refractivity contribution in [2.75, 3.05) is 13.1 Å². The Balaban J connectivity index is 1.97. The SMILES string of the molecule is Cc1cc(CS(=O)(=O)NC2CNC2)no1. The van der Waals surface area contributed by atoms with E-state index in [4.69, 9.17) is 4.52 Å². The molecule has 15 heavy (non-hydrogen) atoms. The topological polar surface area (TPSA) is 84.2 Å². The van der Waals surface area contributed by atoms with Gasteiger partial charge in [-0.3, -0.25) is 0 Å². The Labute approximate surface area is 88.1 Å². The van der Waals surface area contributed by atoms with Gasteiger partial charge < -0.3 is 9.84 Å². The van der Waals surface area contributed by atoms with Gasteiger partial charge in [-0.1, -0.05) is 5.16 Å². The quantitative estimate of drug-likeness (QED) is 0.721. The first-order chi connectivity index (χ1) is 7.05. The molecule has 1 fully saturated rings. The van der Waals surface area contributed by atoms with E-state index in [9.17, 15) is 8.42 Å². The summed E-state index contributed by atoms with van der Waals surface area (Å²) in [5, 5.41) is 6.63.